The third-order valence-electron chi connectivity index (χ3n) is 4.12. The van der Waals surface area contributed by atoms with Gasteiger partial charge in [0.25, 0.3) is 0 Å². The molecule has 0 fully saturated rings. The van der Waals surface area contributed by atoms with Crippen molar-refractivity contribution in [3.8, 4) is 11.3 Å². The highest BCUT2D eigenvalue weighted by atomic mass is 35.5. The number of aromatic nitrogens is 5. The first-order valence-electron chi connectivity index (χ1n) is 8.24. The molecule has 132 valence electrons. The molecule has 0 amide bonds. The largest absolute Gasteiger partial charge is 0.451 e. The van der Waals surface area contributed by atoms with Crippen LogP contribution in [0.3, 0.4) is 0 Å². The quantitative estimate of drug-likeness (QED) is 0.528. The van der Waals surface area contributed by atoms with Crippen molar-refractivity contribution < 1.29 is 4.42 Å². The number of rotatable bonds is 5. The molecule has 0 spiro atoms. The average molecular weight is 369 g/mol. The zero-order chi connectivity index (χ0) is 18.1. The van der Waals surface area contributed by atoms with Crippen LogP contribution in [0.1, 0.15) is 25.5 Å². The van der Waals surface area contributed by atoms with Gasteiger partial charge in [0.15, 0.2) is 23.4 Å². The Bertz CT molecular complexity index is 1040. The van der Waals surface area contributed by atoms with Crippen LogP contribution in [-0.2, 0) is 6.54 Å². The number of oxazole rings is 1. The normalized spacial score (nSPS) is 11.4. The number of nitrogens with zero attached hydrogens (tertiary/aromatic N) is 5. The van der Waals surface area contributed by atoms with Gasteiger partial charge in [-0.25, -0.2) is 9.97 Å². The van der Waals surface area contributed by atoms with Gasteiger partial charge in [-0.1, -0.05) is 24.3 Å². The van der Waals surface area contributed by atoms with Gasteiger partial charge in [-0.3, -0.25) is 0 Å². The van der Waals surface area contributed by atoms with E-state index in [2.05, 4.69) is 39.1 Å². The van der Waals surface area contributed by atoms with E-state index in [1.54, 1.807) is 12.6 Å². The van der Waals surface area contributed by atoms with E-state index in [1.807, 2.05) is 28.8 Å². The minimum absolute atomic E-state index is 0.187. The Hall–Kier alpha value is -2.93. The molecule has 0 aliphatic carbocycles. The van der Waals surface area contributed by atoms with Crippen molar-refractivity contribution in [2.75, 3.05) is 5.32 Å². The average Bonchev–Trinajstić information content (AvgIpc) is 3.29. The highest BCUT2D eigenvalue weighted by Crippen LogP contribution is 2.26. The first-order valence-corrected chi connectivity index (χ1v) is 8.61. The maximum atomic E-state index is 6.13. The molecule has 0 saturated carbocycles. The minimum atomic E-state index is 0.187. The highest BCUT2D eigenvalue weighted by molar-refractivity contribution is 6.28. The summed E-state index contributed by atoms with van der Waals surface area (Å²) in [6.07, 6.45) is 4.81. The second-order valence-corrected chi connectivity index (χ2v) is 6.48. The fraction of sp³-hybridized carbons (Fsp3) is 0.222. The zero-order valence-corrected chi connectivity index (χ0v) is 15.1. The Kier molecular flexibility index (Phi) is 4.30. The van der Waals surface area contributed by atoms with E-state index in [1.165, 1.54) is 6.39 Å². The number of benzene rings is 1. The molecule has 0 aliphatic rings. The third kappa shape index (κ3) is 3.01. The fourth-order valence-electron chi connectivity index (χ4n) is 2.84. The van der Waals surface area contributed by atoms with Gasteiger partial charge >= 0.3 is 0 Å². The maximum absolute atomic E-state index is 6.13. The highest BCUT2D eigenvalue weighted by Gasteiger charge is 2.15. The van der Waals surface area contributed by atoms with Gasteiger partial charge in [-0.05, 0) is 31.0 Å². The van der Waals surface area contributed by atoms with Gasteiger partial charge in [-0.15, -0.1) is 0 Å². The van der Waals surface area contributed by atoms with E-state index in [9.17, 15) is 0 Å². The number of hydrogen-bond acceptors (Lipinski definition) is 6. The van der Waals surface area contributed by atoms with Crippen LogP contribution in [-0.4, -0.2) is 24.5 Å². The van der Waals surface area contributed by atoms with Gasteiger partial charge in [0, 0.05) is 18.2 Å². The molecule has 0 saturated heterocycles. The summed E-state index contributed by atoms with van der Waals surface area (Å²) < 4.78 is 7.07. The molecule has 0 radical (unpaired) electrons. The van der Waals surface area contributed by atoms with E-state index in [4.69, 9.17) is 16.0 Å². The van der Waals surface area contributed by atoms with Crippen LogP contribution in [0.25, 0.3) is 22.4 Å². The Morgan fingerprint density at radius 3 is 2.81 bits per heavy atom. The van der Waals surface area contributed by atoms with Crippen LogP contribution in [0.5, 0.6) is 0 Å². The van der Waals surface area contributed by atoms with E-state index < -0.39 is 0 Å². The molecular formula is C18H17ClN6O. The molecule has 4 rings (SSSR count). The lowest BCUT2D eigenvalue weighted by Crippen LogP contribution is -2.06. The SMILES string of the molecule is CC(C)n1cnc2c(NCc3ccccc3-c3cocn3)nc(Cl)nc21. The number of fused-ring (bicyclic) bond motifs is 1. The summed E-state index contributed by atoms with van der Waals surface area (Å²) in [5.74, 6) is 0.606. The molecule has 7 nitrogen and oxygen atoms in total. The van der Waals surface area contributed by atoms with Crippen molar-refractivity contribution in [2.24, 2.45) is 0 Å². The van der Waals surface area contributed by atoms with Crippen molar-refractivity contribution in [3.63, 3.8) is 0 Å². The fourth-order valence-corrected chi connectivity index (χ4v) is 3.00. The summed E-state index contributed by atoms with van der Waals surface area (Å²) in [5, 5.41) is 3.52. The van der Waals surface area contributed by atoms with E-state index in [-0.39, 0.29) is 11.3 Å². The minimum Gasteiger partial charge on any atom is -0.451 e. The molecule has 3 aromatic heterocycles. The van der Waals surface area contributed by atoms with E-state index in [0.29, 0.717) is 23.5 Å². The van der Waals surface area contributed by atoms with Crippen molar-refractivity contribution in [3.05, 3.63) is 54.1 Å². The van der Waals surface area contributed by atoms with E-state index in [0.717, 1.165) is 16.8 Å². The van der Waals surface area contributed by atoms with Gasteiger partial charge < -0.3 is 14.3 Å². The van der Waals surface area contributed by atoms with Crippen molar-refractivity contribution in [1.29, 1.82) is 0 Å². The molecule has 0 aliphatic heterocycles. The number of anilines is 1. The first-order chi connectivity index (χ1) is 12.6. The number of imidazole rings is 1. The Morgan fingerprint density at radius 1 is 1.19 bits per heavy atom. The standard InChI is InChI=1S/C18H17ClN6O/c1-11(2)25-9-21-15-16(23-18(19)24-17(15)25)20-7-12-5-3-4-6-13(12)14-8-26-10-22-14/h3-6,8-11H,7H2,1-2H3,(H,20,23,24). The lowest BCUT2D eigenvalue weighted by atomic mass is 10.1. The summed E-state index contributed by atoms with van der Waals surface area (Å²) >= 11 is 6.13. The van der Waals surface area contributed by atoms with Crippen LogP contribution in [0, 0.1) is 0 Å². The van der Waals surface area contributed by atoms with Crippen LogP contribution >= 0.6 is 11.6 Å². The molecule has 8 heteroatoms. The smallest absolute Gasteiger partial charge is 0.226 e. The number of halogens is 1. The zero-order valence-electron chi connectivity index (χ0n) is 14.3. The first kappa shape index (κ1) is 16.5. The molecule has 26 heavy (non-hydrogen) atoms. The molecule has 4 aromatic rings. The monoisotopic (exact) mass is 368 g/mol. The van der Waals surface area contributed by atoms with Crippen molar-refractivity contribution in [2.45, 2.75) is 26.4 Å². The Labute approximate surface area is 155 Å². The molecule has 0 atom stereocenters. The molecule has 1 N–H and O–H groups in total. The van der Waals surface area contributed by atoms with Gasteiger partial charge in [0.1, 0.15) is 12.0 Å². The molecule has 1 aromatic carbocycles. The molecule has 0 unspecified atom stereocenters. The lowest BCUT2D eigenvalue weighted by Gasteiger charge is -2.11. The maximum Gasteiger partial charge on any atom is 0.226 e. The second kappa shape index (κ2) is 6.76. The summed E-state index contributed by atoms with van der Waals surface area (Å²) in [5.41, 5.74) is 4.26. The van der Waals surface area contributed by atoms with Crippen LogP contribution in [0.15, 0.2) is 47.7 Å². The summed E-state index contributed by atoms with van der Waals surface area (Å²) in [7, 11) is 0. The second-order valence-electron chi connectivity index (χ2n) is 6.14. The van der Waals surface area contributed by atoms with Crippen LogP contribution < -0.4 is 5.32 Å². The molecule has 3 heterocycles. The van der Waals surface area contributed by atoms with Gasteiger partial charge in [0.2, 0.25) is 5.28 Å². The van der Waals surface area contributed by atoms with E-state index >= 15 is 0 Å². The van der Waals surface area contributed by atoms with Crippen molar-refractivity contribution >= 4 is 28.6 Å². The summed E-state index contributed by atoms with van der Waals surface area (Å²) in [4.78, 5) is 17.3. The Balaban J connectivity index is 1.68. The Morgan fingerprint density at radius 2 is 2.04 bits per heavy atom. The molecular weight excluding hydrogens is 352 g/mol. The summed E-state index contributed by atoms with van der Waals surface area (Å²) in [6, 6.07) is 8.22. The van der Waals surface area contributed by atoms with Crippen LogP contribution in [0.2, 0.25) is 5.28 Å². The predicted octanol–water partition coefficient (Wildman–Crippen LogP) is 4.33. The van der Waals surface area contributed by atoms with Gasteiger partial charge in [0.05, 0.1) is 6.33 Å². The van der Waals surface area contributed by atoms with Gasteiger partial charge in [-0.2, -0.15) is 9.97 Å². The number of nitrogens with one attached hydrogen (secondary N) is 1. The lowest BCUT2D eigenvalue weighted by molar-refractivity contribution is 0.558. The molecule has 0 bridgehead atoms. The predicted molar refractivity (Wildman–Crippen MR) is 100.0 cm³/mol. The van der Waals surface area contributed by atoms with Crippen molar-refractivity contribution in [1.82, 2.24) is 24.5 Å². The number of hydrogen-bond donors (Lipinski definition) is 1. The summed E-state index contributed by atoms with van der Waals surface area (Å²) in [6.45, 7) is 4.68. The third-order valence-corrected chi connectivity index (χ3v) is 4.29. The topological polar surface area (TPSA) is 81.7 Å². The van der Waals surface area contributed by atoms with Crippen LogP contribution in [0.4, 0.5) is 5.82 Å².